The Hall–Kier alpha value is -1.48. The van der Waals surface area contributed by atoms with Crippen molar-refractivity contribution in [2.45, 2.75) is 10.9 Å². The summed E-state index contributed by atoms with van der Waals surface area (Å²) in [5.41, 5.74) is 2.19. The molecule has 0 aliphatic rings. The molecule has 0 fully saturated rings. The Morgan fingerprint density at radius 3 is 2.91 bits per heavy atom. The summed E-state index contributed by atoms with van der Waals surface area (Å²) in [5.74, 6) is 0.706. The second-order valence-electron chi connectivity index (χ2n) is 4.84. The van der Waals surface area contributed by atoms with Crippen molar-refractivity contribution < 1.29 is 0 Å². The number of aromatic nitrogens is 3. The van der Waals surface area contributed by atoms with Gasteiger partial charge in [0, 0.05) is 29.1 Å². The van der Waals surface area contributed by atoms with Crippen LogP contribution < -0.4 is 5.56 Å². The number of hydrogen-bond acceptors (Lipinski definition) is 7. The largest absolute Gasteiger partial charge is 0.290 e. The van der Waals surface area contributed by atoms with E-state index in [1.807, 2.05) is 11.4 Å². The molecular weight excluding hydrogens is 366 g/mol. The molecular formula is C15H11N3OS4. The first-order valence-corrected chi connectivity index (χ1v) is 10.4. The molecule has 4 aromatic rings. The third-order valence-corrected chi connectivity index (χ3v) is 6.83. The van der Waals surface area contributed by atoms with E-state index in [2.05, 4.69) is 32.2 Å². The topological polar surface area (TPSA) is 47.8 Å². The lowest BCUT2D eigenvalue weighted by atomic mass is 10.4. The summed E-state index contributed by atoms with van der Waals surface area (Å²) in [6, 6.07) is 3.91. The SMILES string of the molecule is Cn1c(SCc2csc(-c3ccsc3)n2)nc2sccc2c1=O. The van der Waals surface area contributed by atoms with E-state index < -0.39 is 0 Å². The number of thiazole rings is 1. The first-order valence-electron chi connectivity index (χ1n) is 6.76. The van der Waals surface area contributed by atoms with Gasteiger partial charge in [-0.05, 0) is 22.9 Å². The van der Waals surface area contributed by atoms with Gasteiger partial charge in [-0.3, -0.25) is 9.36 Å². The molecule has 0 unspecified atom stereocenters. The minimum absolute atomic E-state index is 0.0102. The van der Waals surface area contributed by atoms with Gasteiger partial charge in [-0.2, -0.15) is 11.3 Å². The molecule has 23 heavy (non-hydrogen) atoms. The molecule has 116 valence electrons. The molecule has 0 radical (unpaired) electrons. The quantitative estimate of drug-likeness (QED) is 0.389. The highest BCUT2D eigenvalue weighted by Gasteiger charge is 2.11. The third-order valence-electron chi connectivity index (χ3n) is 3.33. The number of fused-ring (bicyclic) bond motifs is 1. The van der Waals surface area contributed by atoms with Crippen LogP contribution in [0.5, 0.6) is 0 Å². The van der Waals surface area contributed by atoms with E-state index in [0.29, 0.717) is 11.1 Å². The molecule has 0 amide bonds. The van der Waals surface area contributed by atoms with Crippen molar-refractivity contribution in [3.05, 3.63) is 49.7 Å². The minimum atomic E-state index is 0.0102. The Morgan fingerprint density at radius 1 is 1.17 bits per heavy atom. The van der Waals surface area contributed by atoms with Crippen LogP contribution in [0.2, 0.25) is 0 Å². The molecule has 0 bridgehead atoms. The van der Waals surface area contributed by atoms with E-state index in [4.69, 9.17) is 0 Å². The van der Waals surface area contributed by atoms with Crippen LogP contribution in [0, 0.1) is 0 Å². The zero-order valence-corrected chi connectivity index (χ0v) is 15.3. The van der Waals surface area contributed by atoms with Gasteiger partial charge in [0.1, 0.15) is 9.84 Å². The highest BCUT2D eigenvalue weighted by atomic mass is 32.2. The number of hydrogen-bond donors (Lipinski definition) is 0. The molecule has 0 saturated heterocycles. The number of thiophene rings is 2. The minimum Gasteiger partial charge on any atom is -0.290 e. The molecule has 0 aliphatic heterocycles. The second kappa shape index (κ2) is 6.20. The molecule has 0 N–H and O–H groups in total. The molecule has 8 heteroatoms. The Morgan fingerprint density at radius 2 is 2.09 bits per heavy atom. The predicted molar refractivity (Wildman–Crippen MR) is 99.8 cm³/mol. The molecule has 4 nitrogen and oxygen atoms in total. The van der Waals surface area contributed by atoms with E-state index in [0.717, 1.165) is 20.7 Å². The molecule has 0 spiro atoms. The molecule has 0 aromatic carbocycles. The van der Waals surface area contributed by atoms with Crippen molar-refractivity contribution in [2.75, 3.05) is 0 Å². The van der Waals surface area contributed by atoms with Crippen LogP contribution >= 0.6 is 45.8 Å². The van der Waals surface area contributed by atoms with E-state index in [1.54, 1.807) is 46.1 Å². The zero-order valence-electron chi connectivity index (χ0n) is 12.1. The summed E-state index contributed by atoms with van der Waals surface area (Å²) in [6.07, 6.45) is 0. The lowest BCUT2D eigenvalue weighted by Gasteiger charge is -2.05. The average Bonchev–Trinajstić information content (AvgIpc) is 3.29. The first kappa shape index (κ1) is 15.1. The van der Waals surface area contributed by atoms with Crippen molar-refractivity contribution in [1.82, 2.24) is 14.5 Å². The van der Waals surface area contributed by atoms with Crippen molar-refractivity contribution in [1.29, 1.82) is 0 Å². The van der Waals surface area contributed by atoms with Gasteiger partial charge in [0.15, 0.2) is 5.16 Å². The Labute approximate surface area is 148 Å². The third kappa shape index (κ3) is 2.87. The average molecular weight is 378 g/mol. The number of thioether (sulfide) groups is 1. The van der Waals surface area contributed by atoms with Crippen LogP contribution in [0.15, 0.2) is 43.6 Å². The summed E-state index contributed by atoms with van der Waals surface area (Å²) < 4.78 is 1.62. The van der Waals surface area contributed by atoms with E-state index in [1.165, 1.54) is 16.9 Å². The Kier molecular flexibility index (Phi) is 4.06. The number of nitrogens with zero attached hydrogens (tertiary/aromatic N) is 3. The second-order valence-corrected chi connectivity index (χ2v) is 8.32. The van der Waals surface area contributed by atoms with E-state index in [-0.39, 0.29) is 5.56 Å². The zero-order chi connectivity index (χ0) is 15.8. The molecule has 0 atom stereocenters. The fourth-order valence-electron chi connectivity index (χ4n) is 2.14. The summed E-state index contributed by atoms with van der Waals surface area (Å²) >= 11 is 6.37. The van der Waals surface area contributed by atoms with Gasteiger partial charge >= 0.3 is 0 Å². The Bertz CT molecular complexity index is 1010. The van der Waals surface area contributed by atoms with Crippen molar-refractivity contribution in [3.63, 3.8) is 0 Å². The fraction of sp³-hybridized carbons (Fsp3) is 0.133. The first-order chi connectivity index (χ1) is 11.2. The van der Waals surface area contributed by atoms with E-state index in [9.17, 15) is 4.79 Å². The van der Waals surface area contributed by atoms with Gasteiger partial charge in [-0.1, -0.05) is 11.8 Å². The van der Waals surface area contributed by atoms with Gasteiger partial charge in [-0.15, -0.1) is 22.7 Å². The molecule has 4 rings (SSSR count). The van der Waals surface area contributed by atoms with Gasteiger partial charge < -0.3 is 0 Å². The number of rotatable bonds is 4. The van der Waals surface area contributed by atoms with Crippen LogP contribution in [0.4, 0.5) is 0 Å². The molecule has 0 saturated carbocycles. The van der Waals surface area contributed by atoms with Crippen LogP contribution in [-0.4, -0.2) is 14.5 Å². The lowest BCUT2D eigenvalue weighted by Crippen LogP contribution is -2.19. The molecule has 4 heterocycles. The normalized spacial score (nSPS) is 11.3. The van der Waals surface area contributed by atoms with Gasteiger partial charge in [0.25, 0.3) is 5.56 Å². The van der Waals surface area contributed by atoms with Crippen LogP contribution in [-0.2, 0) is 12.8 Å². The van der Waals surface area contributed by atoms with Crippen molar-refractivity contribution in [2.24, 2.45) is 7.05 Å². The summed E-state index contributed by atoms with van der Waals surface area (Å²) in [4.78, 5) is 22.3. The van der Waals surface area contributed by atoms with Crippen molar-refractivity contribution >= 4 is 56.0 Å². The van der Waals surface area contributed by atoms with Crippen LogP contribution in [0.25, 0.3) is 20.8 Å². The monoisotopic (exact) mass is 377 g/mol. The smallest absolute Gasteiger partial charge is 0.262 e. The standard InChI is InChI=1S/C15H11N3OS4/c1-18-14(19)11-3-5-21-13(11)17-15(18)23-8-10-7-22-12(16-10)9-2-4-20-6-9/h2-7H,8H2,1H3. The van der Waals surface area contributed by atoms with Crippen molar-refractivity contribution in [3.8, 4) is 10.6 Å². The van der Waals surface area contributed by atoms with Gasteiger partial charge in [0.05, 0.1) is 11.1 Å². The van der Waals surface area contributed by atoms with Gasteiger partial charge in [0.2, 0.25) is 0 Å². The predicted octanol–water partition coefficient (Wildman–Crippen LogP) is 4.47. The van der Waals surface area contributed by atoms with Crippen LogP contribution in [0.3, 0.4) is 0 Å². The summed E-state index contributed by atoms with van der Waals surface area (Å²) in [5, 5.41) is 10.6. The lowest BCUT2D eigenvalue weighted by molar-refractivity contribution is 0.728. The highest BCUT2D eigenvalue weighted by molar-refractivity contribution is 7.98. The molecule has 0 aliphatic carbocycles. The highest BCUT2D eigenvalue weighted by Crippen LogP contribution is 2.29. The maximum Gasteiger partial charge on any atom is 0.262 e. The van der Waals surface area contributed by atoms with Crippen LogP contribution in [0.1, 0.15) is 5.69 Å². The summed E-state index contributed by atoms with van der Waals surface area (Å²) in [6.45, 7) is 0. The van der Waals surface area contributed by atoms with Gasteiger partial charge in [-0.25, -0.2) is 9.97 Å². The summed E-state index contributed by atoms with van der Waals surface area (Å²) in [7, 11) is 1.77. The fourth-order valence-corrected chi connectivity index (χ4v) is 5.45. The maximum absolute atomic E-state index is 12.3. The van der Waals surface area contributed by atoms with E-state index >= 15 is 0 Å². The molecule has 4 aromatic heterocycles. The maximum atomic E-state index is 12.3. The Balaban J connectivity index is 1.57.